The molecule has 0 saturated heterocycles. The van der Waals surface area contributed by atoms with E-state index in [1.165, 1.54) is 19.4 Å². The average Bonchev–Trinajstić information content (AvgIpc) is 2.05. The van der Waals surface area contributed by atoms with Crippen molar-refractivity contribution in [3.8, 4) is 5.75 Å². The first-order chi connectivity index (χ1) is 5.65. The van der Waals surface area contributed by atoms with Gasteiger partial charge in [0.1, 0.15) is 5.75 Å². The van der Waals surface area contributed by atoms with E-state index in [9.17, 15) is 9.90 Å². The quantitative estimate of drug-likeness (QED) is 0.476. The Bertz CT molecular complexity index is 314. The molecule has 0 spiro atoms. The van der Waals surface area contributed by atoms with Crippen LogP contribution in [0, 0.1) is 6.92 Å². The van der Waals surface area contributed by atoms with Gasteiger partial charge in [0.15, 0.2) is 0 Å². The summed E-state index contributed by atoms with van der Waals surface area (Å²) < 4.78 is 4.90. The van der Waals surface area contributed by atoms with Gasteiger partial charge in [-0.2, -0.15) is 0 Å². The van der Waals surface area contributed by atoms with E-state index in [1.807, 2.05) is 0 Å². The number of carboxylic acid groups (broad SMARTS) is 1. The van der Waals surface area contributed by atoms with E-state index in [2.05, 4.69) is 4.98 Å². The molecule has 13 heavy (non-hydrogen) atoms. The van der Waals surface area contributed by atoms with Gasteiger partial charge in [-0.25, -0.2) is 0 Å². The summed E-state index contributed by atoms with van der Waals surface area (Å²) in [6.45, 7) is 1.78. The van der Waals surface area contributed by atoms with Gasteiger partial charge < -0.3 is 14.6 Å². The Kier molecular flexibility index (Phi) is 5.74. The summed E-state index contributed by atoms with van der Waals surface area (Å²) >= 11 is 0. The van der Waals surface area contributed by atoms with Gasteiger partial charge in [-0.1, -0.05) is 0 Å². The first-order valence-corrected chi connectivity index (χ1v) is 3.37. The van der Waals surface area contributed by atoms with Gasteiger partial charge in [0.25, 0.3) is 0 Å². The molecule has 0 radical (unpaired) electrons. The molecular weight excluding hydrogens is 197 g/mol. The summed E-state index contributed by atoms with van der Waals surface area (Å²) in [6.07, 6.45) is 1.43. The topological polar surface area (TPSA) is 62.2 Å². The third-order valence-corrected chi connectivity index (χ3v) is 1.48. The van der Waals surface area contributed by atoms with Crippen molar-refractivity contribution >= 4 is 5.97 Å². The van der Waals surface area contributed by atoms with Crippen molar-refractivity contribution in [1.29, 1.82) is 0 Å². The fourth-order valence-electron chi connectivity index (χ4n) is 0.837. The standard InChI is InChI=1S/C8H9NO3.K/c1-5-4-9-6(8(10)11)3-7(5)12-2;/h3-4H,1-2H3,(H,10,11);/q;+1/p-1. The van der Waals surface area contributed by atoms with Crippen LogP contribution in [-0.4, -0.2) is 18.1 Å². The van der Waals surface area contributed by atoms with Gasteiger partial charge in [-0.3, -0.25) is 4.98 Å². The van der Waals surface area contributed by atoms with E-state index in [0.717, 1.165) is 5.56 Å². The SMILES string of the molecule is COc1cc(C(=O)[O-])ncc1C.[K+]. The number of carbonyl (C=O) groups is 1. The van der Waals surface area contributed by atoms with Crippen molar-refractivity contribution < 1.29 is 66.0 Å². The maximum absolute atomic E-state index is 10.4. The number of carbonyl (C=O) groups excluding carboxylic acids is 1. The number of hydrogen-bond acceptors (Lipinski definition) is 4. The zero-order chi connectivity index (χ0) is 9.14. The molecule has 0 amide bonds. The van der Waals surface area contributed by atoms with Crippen LogP contribution in [0.25, 0.3) is 0 Å². The number of hydrogen-bond donors (Lipinski definition) is 0. The van der Waals surface area contributed by atoms with E-state index >= 15 is 0 Å². The minimum absolute atomic E-state index is 0. The van der Waals surface area contributed by atoms with Crippen LogP contribution in [-0.2, 0) is 0 Å². The fourth-order valence-corrected chi connectivity index (χ4v) is 0.837. The number of ether oxygens (including phenoxy) is 1. The molecule has 5 heteroatoms. The Labute approximate surface area is 119 Å². The van der Waals surface area contributed by atoms with E-state index in [-0.39, 0.29) is 57.1 Å². The molecular formula is C8H8KNO3. The summed E-state index contributed by atoms with van der Waals surface area (Å²) in [4.78, 5) is 14.0. The Morgan fingerprint density at radius 3 is 2.69 bits per heavy atom. The van der Waals surface area contributed by atoms with Crippen LogP contribution in [0.4, 0.5) is 0 Å². The van der Waals surface area contributed by atoms with E-state index < -0.39 is 5.97 Å². The average molecular weight is 205 g/mol. The van der Waals surface area contributed by atoms with Crippen LogP contribution in [0.3, 0.4) is 0 Å². The van der Waals surface area contributed by atoms with E-state index in [4.69, 9.17) is 4.74 Å². The van der Waals surface area contributed by atoms with Crippen LogP contribution >= 0.6 is 0 Å². The van der Waals surface area contributed by atoms with Gasteiger partial charge in [0.05, 0.1) is 18.8 Å². The molecule has 1 aromatic heterocycles. The van der Waals surface area contributed by atoms with Gasteiger partial charge in [0.2, 0.25) is 0 Å². The van der Waals surface area contributed by atoms with Crippen LogP contribution < -0.4 is 61.2 Å². The molecule has 0 bridgehead atoms. The second kappa shape index (κ2) is 5.72. The minimum Gasteiger partial charge on any atom is -0.543 e. The molecule has 0 unspecified atom stereocenters. The number of nitrogens with zero attached hydrogens (tertiary/aromatic N) is 1. The Hall–Kier alpha value is 0.0564. The number of aryl methyl sites for hydroxylation is 1. The predicted octanol–water partition coefficient (Wildman–Crippen LogP) is -3.23. The molecule has 0 atom stereocenters. The Morgan fingerprint density at radius 1 is 1.62 bits per heavy atom. The van der Waals surface area contributed by atoms with Crippen molar-refractivity contribution in [3.05, 3.63) is 23.5 Å². The van der Waals surface area contributed by atoms with Crippen LogP contribution in [0.5, 0.6) is 5.75 Å². The first-order valence-electron chi connectivity index (χ1n) is 3.37. The van der Waals surface area contributed by atoms with Crippen molar-refractivity contribution in [1.82, 2.24) is 4.98 Å². The number of carboxylic acids is 1. The monoisotopic (exact) mass is 205 g/mol. The van der Waals surface area contributed by atoms with Crippen LogP contribution in [0.2, 0.25) is 0 Å². The summed E-state index contributed by atoms with van der Waals surface area (Å²) in [5.74, 6) is -0.794. The summed E-state index contributed by atoms with van der Waals surface area (Å²) in [5, 5.41) is 10.4. The molecule has 0 aliphatic heterocycles. The third-order valence-electron chi connectivity index (χ3n) is 1.48. The second-order valence-corrected chi connectivity index (χ2v) is 2.33. The number of aromatic carboxylic acids is 1. The molecule has 1 rings (SSSR count). The fraction of sp³-hybridized carbons (Fsp3) is 0.250. The Morgan fingerprint density at radius 2 is 2.23 bits per heavy atom. The minimum atomic E-state index is -1.30. The summed E-state index contributed by atoms with van der Waals surface area (Å²) in [7, 11) is 1.47. The predicted molar refractivity (Wildman–Crippen MR) is 39.9 cm³/mol. The summed E-state index contributed by atoms with van der Waals surface area (Å²) in [5.41, 5.74) is 0.681. The van der Waals surface area contributed by atoms with Gasteiger partial charge in [-0.15, -0.1) is 0 Å². The van der Waals surface area contributed by atoms with Crippen molar-refractivity contribution in [3.63, 3.8) is 0 Å². The van der Waals surface area contributed by atoms with Crippen molar-refractivity contribution in [2.24, 2.45) is 0 Å². The normalized spacial score (nSPS) is 8.77. The molecule has 0 fully saturated rings. The second-order valence-electron chi connectivity index (χ2n) is 2.33. The number of aromatic nitrogens is 1. The number of pyridine rings is 1. The molecule has 0 saturated carbocycles. The molecule has 64 valence electrons. The largest absolute Gasteiger partial charge is 1.00 e. The maximum atomic E-state index is 10.4. The molecule has 4 nitrogen and oxygen atoms in total. The maximum Gasteiger partial charge on any atom is 1.00 e. The molecule has 0 aliphatic rings. The van der Waals surface area contributed by atoms with Gasteiger partial charge in [-0.05, 0) is 6.92 Å². The van der Waals surface area contributed by atoms with Crippen molar-refractivity contribution in [2.75, 3.05) is 7.11 Å². The van der Waals surface area contributed by atoms with E-state index in [1.54, 1.807) is 6.92 Å². The molecule has 0 aromatic carbocycles. The third kappa shape index (κ3) is 3.36. The zero-order valence-corrected chi connectivity index (χ0v) is 10.9. The first kappa shape index (κ1) is 13.1. The van der Waals surface area contributed by atoms with Crippen molar-refractivity contribution in [2.45, 2.75) is 6.92 Å². The van der Waals surface area contributed by atoms with Crippen LogP contribution in [0.15, 0.2) is 12.3 Å². The van der Waals surface area contributed by atoms with Gasteiger partial charge >= 0.3 is 51.4 Å². The zero-order valence-electron chi connectivity index (χ0n) is 7.83. The number of rotatable bonds is 2. The van der Waals surface area contributed by atoms with Gasteiger partial charge in [0, 0.05) is 17.8 Å². The molecule has 1 aromatic rings. The van der Waals surface area contributed by atoms with E-state index in [0.29, 0.717) is 5.75 Å². The molecule has 0 N–H and O–H groups in total. The number of methoxy groups -OCH3 is 1. The summed E-state index contributed by atoms with van der Waals surface area (Å²) in [6, 6.07) is 1.34. The Balaban J connectivity index is 0.00000144. The molecule has 1 heterocycles. The molecule has 0 aliphatic carbocycles. The van der Waals surface area contributed by atoms with Crippen LogP contribution in [0.1, 0.15) is 16.1 Å². The smallest absolute Gasteiger partial charge is 0.543 e.